The summed E-state index contributed by atoms with van der Waals surface area (Å²) in [5, 5.41) is 12.4. The van der Waals surface area contributed by atoms with E-state index in [-0.39, 0.29) is 23.6 Å². The number of rotatable bonds is 3. The number of nitrogens with zero attached hydrogens (tertiary/aromatic N) is 1. The average molecular weight is 290 g/mol. The van der Waals surface area contributed by atoms with Crippen LogP contribution in [0.2, 0.25) is 0 Å². The number of nitrogens with one attached hydrogen (secondary N) is 1. The monoisotopic (exact) mass is 290 g/mol. The molecule has 0 bridgehead atoms. The molecule has 1 aliphatic rings. The Morgan fingerprint density at radius 3 is 2.76 bits per heavy atom. The minimum absolute atomic E-state index is 0.0771. The highest BCUT2D eigenvalue weighted by Gasteiger charge is 2.41. The van der Waals surface area contributed by atoms with Crippen LogP contribution in [0.25, 0.3) is 0 Å². The van der Waals surface area contributed by atoms with Crippen molar-refractivity contribution >= 4 is 11.8 Å². The summed E-state index contributed by atoms with van der Waals surface area (Å²) < 4.78 is 0. The van der Waals surface area contributed by atoms with Crippen molar-refractivity contribution in [3.63, 3.8) is 0 Å². The van der Waals surface area contributed by atoms with Gasteiger partial charge in [-0.05, 0) is 38.0 Å². The third-order valence-corrected chi connectivity index (χ3v) is 4.13. The number of phenolic OH excluding ortho intramolecular Hbond substituents is 1. The van der Waals surface area contributed by atoms with Crippen LogP contribution in [-0.2, 0) is 16.1 Å². The maximum absolute atomic E-state index is 12.8. The molecule has 0 aromatic heterocycles. The van der Waals surface area contributed by atoms with Gasteiger partial charge in [0.1, 0.15) is 11.3 Å². The molecule has 2 amide bonds. The smallest absolute Gasteiger partial charge is 0.248 e. The Bertz CT molecular complexity index is 558. The van der Waals surface area contributed by atoms with E-state index in [1.165, 1.54) is 0 Å². The Morgan fingerprint density at radius 2 is 2.14 bits per heavy atom. The highest BCUT2D eigenvalue weighted by Crippen LogP contribution is 2.24. The Labute approximate surface area is 125 Å². The van der Waals surface area contributed by atoms with Gasteiger partial charge in [-0.25, -0.2) is 0 Å². The van der Waals surface area contributed by atoms with E-state index in [0.29, 0.717) is 19.4 Å². The molecule has 2 rings (SSSR count). The molecule has 114 valence electrons. The van der Waals surface area contributed by atoms with Crippen molar-refractivity contribution in [3.05, 3.63) is 29.8 Å². The van der Waals surface area contributed by atoms with Crippen molar-refractivity contribution in [2.24, 2.45) is 0 Å². The van der Waals surface area contributed by atoms with E-state index in [2.05, 4.69) is 5.32 Å². The van der Waals surface area contributed by atoms with Crippen molar-refractivity contribution in [1.29, 1.82) is 0 Å². The number of carbonyl (C=O) groups excluding carboxylic acids is 2. The molecule has 2 atom stereocenters. The number of amides is 2. The van der Waals surface area contributed by atoms with Crippen LogP contribution in [-0.4, -0.2) is 33.4 Å². The van der Waals surface area contributed by atoms with Gasteiger partial charge in [0.05, 0.1) is 0 Å². The number of carbonyl (C=O) groups is 2. The van der Waals surface area contributed by atoms with Crippen LogP contribution in [0.15, 0.2) is 24.3 Å². The number of phenols is 1. The predicted molar refractivity (Wildman–Crippen MR) is 79.6 cm³/mol. The molecule has 2 unspecified atom stereocenters. The van der Waals surface area contributed by atoms with Crippen LogP contribution in [0.1, 0.15) is 39.2 Å². The zero-order valence-electron chi connectivity index (χ0n) is 12.7. The number of hydrogen-bond donors (Lipinski definition) is 2. The van der Waals surface area contributed by atoms with Gasteiger partial charge in [-0.15, -0.1) is 0 Å². The topological polar surface area (TPSA) is 69.6 Å². The molecule has 21 heavy (non-hydrogen) atoms. The summed E-state index contributed by atoms with van der Waals surface area (Å²) in [4.78, 5) is 26.4. The summed E-state index contributed by atoms with van der Waals surface area (Å²) in [6.07, 6.45) is 0.834. The van der Waals surface area contributed by atoms with Gasteiger partial charge in [0, 0.05) is 19.0 Å². The van der Waals surface area contributed by atoms with Gasteiger partial charge in [0.15, 0.2) is 0 Å². The lowest BCUT2D eigenvalue weighted by atomic mass is 9.96. The minimum atomic E-state index is -0.862. The van der Waals surface area contributed by atoms with E-state index in [1.54, 1.807) is 30.0 Å². The maximum Gasteiger partial charge on any atom is 0.248 e. The first kappa shape index (κ1) is 15.4. The second-order valence-corrected chi connectivity index (χ2v) is 5.89. The van der Waals surface area contributed by atoms with Crippen molar-refractivity contribution in [2.45, 2.75) is 51.7 Å². The van der Waals surface area contributed by atoms with Crippen molar-refractivity contribution < 1.29 is 14.7 Å². The Morgan fingerprint density at radius 1 is 1.43 bits per heavy atom. The number of hydrogen-bond acceptors (Lipinski definition) is 3. The summed E-state index contributed by atoms with van der Waals surface area (Å²) in [5.41, 5.74) is -0.0124. The van der Waals surface area contributed by atoms with Crippen molar-refractivity contribution in [3.8, 4) is 5.75 Å². The van der Waals surface area contributed by atoms with E-state index in [4.69, 9.17) is 0 Å². The molecule has 1 aliphatic heterocycles. The lowest BCUT2D eigenvalue weighted by Gasteiger charge is -2.33. The molecule has 5 heteroatoms. The summed E-state index contributed by atoms with van der Waals surface area (Å²) in [7, 11) is 0. The Balaban J connectivity index is 2.30. The van der Waals surface area contributed by atoms with E-state index in [0.717, 1.165) is 5.56 Å². The molecule has 1 saturated heterocycles. The van der Waals surface area contributed by atoms with Gasteiger partial charge in [0.2, 0.25) is 11.8 Å². The molecule has 1 aromatic carbocycles. The predicted octanol–water partition coefficient (Wildman–Crippen LogP) is 1.80. The van der Waals surface area contributed by atoms with E-state index < -0.39 is 5.54 Å². The fraction of sp³-hybridized carbons (Fsp3) is 0.500. The van der Waals surface area contributed by atoms with Gasteiger partial charge in [0.25, 0.3) is 0 Å². The Hall–Kier alpha value is -2.04. The van der Waals surface area contributed by atoms with Gasteiger partial charge >= 0.3 is 0 Å². The molecule has 0 aliphatic carbocycles. The summed E-state index contributed by atoms with van der Waals surface area (Å²) >= 11 is 0. The zero-order chi connectivity index (χ0) is 15.6. The molecule has 0 radical (unpaired) electrons. The number of aromatic hydroxyl groups is 1. The molecule has 2 N–H and O–H groups in total. The fourth-order valence-electron chi connectivity index (χ4n) is 2.63. The van der Waals surface area contributed by atoms with Gasteiger partial charge < -0.3 is 15.3 Å². The fourth-order valence-corrected chi connectivity index (χ4v) is 2.63. The third-order valence-electron chi connectivity index (χ3n) is 4.13. The highest BCUT2D eigenvalue weighted by molar-refractivity contribution is 5.93. The maximum atomic E-state index is 12.8. The largest absolute Gasteiger partial charge is 0.508 e. The van der Waals surface area contributed by atoms with Crippen LogP contribution in [0, 0.1) is 0 Å². The van der Waals surface area contributed by atoms with Crippen molar-refractivity contribution in [1.82, 2.24) is 10.2 Å². The summed E-state index contributed by atoms with van der Waals surface area (Å²) in [6.45, 7) is 5.92. The van der Waals surface area contributed by atoms with Crippen LogP contribution >= 0.6 is 0 Å². The molecule has 1 fully saturated rings. The SMILES string of the molecule is CCC1(C)NC(=O)CC(C)N(Cc2cccc(O)c2)C1=O. The second kappa shape index (κ2) is 5.76. The third kappa shape index (κ3) is 3.17. The van der Waals surface area contributed by atoms with Gasteiger partial charge in [-0.1, -0.05) is 19.1 Å². The molecule has 0 saturated carbocycles. The van der Waals surface area contributed by atoms with E-state index in [1.807, 2.05) is 19.9 Å². The van der Waals surface area contributed by atoms with E-state index in [9.17, 15) is 14.7 Å². The number of benzene rings is 1. The lowest BCUT2D eigenvalue weighted by Crippen LogP contribution is -2.55. The molecule has 1 heterocycles. The standard InChI is InChI=1S/C16H22N2O3/c1-4-16(3)15(21)18(11(2)8-14(20)17-16)10-12-6-5-7-13(19)9-12/h5-7,9,11,19H,4,8,10H2,1-3H3,(H,17,20). The molecule has 5 nitrogen and oxygen atoms in total. The van der Waals surface area contributed by atoms with E-state index >= 15 is 0 Å². The minimum Gasteiger partial charge on any atom is -0.508 e. The van der Waals surface area contributed by atoms with Crippen LogP contribution in [0.5, 0.6) is 5.75 Å². The first-order valence-electron chi connectivity index (χ1n) is 7.25. The molecule has 1 aromatic rings. The Kier molecular flexibility index (Phi) is 4.21. The van der Waals surface area contributed by atoms with Crippen LogP contribution in [0.4, 0.5) is 0 Å². The second-order valence-electron chi connectivity index (χ2n) is 5.89. The summed E-state index contributed by atoms with van der Waals surface area (Å²) in [6, 6.07) is 6.68. The van der Waals surface area contributed by atoms with Crippen molar-refractivity contribution in [2.75, 3.05) is 0 Å². The lowest BCUT2D eigenvalue weighted by molar-refractivity contribution is -0.140. The van der Waals surface area contributed by atoms with Crippen LogP contribution < -0.4 is 5.32 Å². The van der Waals surface area contributed by atoms with Gasteiger partial charge in [-0.3, -0.25) is 9.59 Å². The first-order chi connectivity index (χ1) is 9.85. The quantitative estimate of drug-likeness (QED) is 0.892. The van der Waals surface area contributed by atoms with Gasteiger partial charge in [-0.2, -0.15) is 0 Å². The summed E-state index contributed by atoms with van der Waals surface area (Å²) in [5.74, 6) is 0.000167. The van der Waals surface area contributed by atoms with Crippen LogP contribution in [0.3, 0.4) is 0 Å². The normalized spacial score (nSPS) is 26.4. The average Bonchev–Trinajstić information content (AvgIpc) is 2.50. The highest BCUT2D eigenvalue weighted by atomic mass is 16.3. The zero-order valence-corrected chi connectivity index (χ0v) is 12.7. The molecule has 0 spiro atoms. The molecular weight excluding hydrogens is 268 g/mol. The molecular formula is C16H22N2O3. The first-order valence-corrected chi connectivity index (χ1v) is 7.25.